The van der Waals surface area contributed by atoms with E-state index in [2.05, 4.69) is 25.7 Å². The van der Waals surface area contributed by atoms with Gasteiger partial charge in [-0.05, 0) is 37.1 Å². The molecule has 9 heteroatoms. The van der Waals surface area contributed by atoms with Gasteiger partial charge in [0.2, 0.25) is 5.91 Å². The number of hydrogen-bond donors (Lipinski definition) is 3. The van der Waals surface area contributed by atoms with E-state index in [9.17, 15) is 13.6 Å². The van der Waals surface area contributed by atoms with Gasteiger partial charge in [0.15, 0.2) is 5.96 Å². The van der Waals surface area contributed by atoms with E-state index in [-0.39, 0.29) is 42.2 Å². The number of nitrogens with one attached hydrogen (secondary N) is 3. The van der Waals surface area contributed by atoms with Crippen LogP contribution in [0.15, 0.2) is 53.5 Å². The lowest BCUT2D eigenvalue weighted by Crippen LogP contribution is -2.36. The zero-order chi connectivity index (χ0) is 21.8. The molecule has 0 aliphatic heterocycles. The van der Waals surface area contributed by atoms with Crippen molar-refractivity contribution in [3.8, 4) is 5.75 Å². The molecule has 0 aliphatic carbocycles. The second kappa shape index (κ2) is 14.6. The van der Waals surface area contributed by atoms with Gasteiger partial charge in [0.25, 0.3) is 0 Å². The van der Waals surface area contributed by atoms with Crippen LogP contribution in [-0.4, -0.2) is 25.0 Å². The van der Waals surface area contributed by atoms with Crippen molar-refractivity contribution in [2.24, 2.45) is 4.99 Å². The number of carbonyl (C=O) groups is 1. The molecule has 0 saturated carbocycles. The summed E-state index contributed by atoms with van der Waals surface area (Å²) >= 11 is 0. The number of guanidine groups is 1. The Morgan fingerprint density at radius 1 is 1.06 bits per heavy atom. The fourth-order valence-corrected chi connectivity index (χ4v) is 2.70. The first kappa shape index (κ1) is 26.6. The summed E-state index contributed by atoms with van der Waals surface area (Å²) < 4.78 is 29.7. The molecule has 0 unspecified atom stereocenters. The van der Waals surface area contributed by atoms with Crippen molar-refractivity contribution in [3.05, 3.63) is 59.7 Å². The Hall–Kier alpha value is -2.43. The van der Waals surface area contributed by atoms with Crippen LogP contribution in [0.25, 0.3) is 0 Å². The molecule has 6 nitrogen and oxygen atoms in total. The molecule has 0 heterocycles. The van der Waals surface area contributed by atoms with Crippen LogP contribution in [0.2, 0.25) is 0 Å². The van der Waals surface area contributed by atoms with Crippen molar-refractivity contribution in [2.75, 3.05) is 11.9 Å². The van der Waals surface area contributed by atoms with E-state index in [1.54, 1.807) is 18.2 Å². The summed E-state index contributed by atoms with van der Waals surface area (Å²) in [4.78, 5) is 16.2. The molecule has 31 heavy (non-hydrogen) atoms. The van der Waals surface area contributed by atoms with Crippen molar-refractivity contribution in [3.63, 3.8) is 0 Å². The number of ether oxygens (including phenoxy) is 1. The maximum absolute atomic E-state index is 12.6. The summed E-state index contributed by atoms with van der Waals surface area (Å²) in [5.41, 5.74) is 2.33. The standard InChI is InChI=1S/C22H28F2N4O2.HI/c1-3-7-20(29)28-18-12-10-16(11-13-18)14-26-22(25-4-2)27-15-17-8-5-6-9-19(17)30-21(23)24;/h5-6,8-13,21H,3-4,7,14-15H2,1-2H3,(H,28,29)(H2,25,26,27);1H. The van der Waals surface area contributed by atoms with Gasteiger partial charge in [-0.15, -0.1) is 24.0 Å². The highest BCUT2D eigenvalue weighted by Crippen LogP contribution is 2.20. The van der Waals surface area contributed by atoms with Crippen LogP contribution >= 0.6 is 24.0 Å². The molecule has 0 saturated heterocycles. The first-order valence-corrected chi connectivity index (χ1v) is 9.95. The molecular formula is C22H29F2IN4O2. The lowest BCUT2D eigenvalue weighted by atomic mass is 10.2. The molecule has 0 fully saturated rings. The molecule has 2 aromatic rings. The number of para-hydroxylation sites is 1. The van der Waals surface area contributed by atoms with Gasteiger partial charge < -0.3 is 20.7 Å². The van der Waals surface area contributed by atoms with Gasteiger partial charge in [-0.25, -0.2) is 4.99 Å². The van der Waals surface area contributed by atoms with E-state index in [0.29, 0.717) is 31.0 Å². The van der Waals surface area contributed by atoms with Gasteiger partial charge in [-0.3, -0.25) is 4.79 Å². The van der Waals surface area contributed by atoms with Crippen molar-refractivity contribution in [1.29, 1.82) is 0 Å². The summed E-state index contributed by atoms with van der Waals surface area (Å²) in [7, 11) is 0. The summed E-state index contributed by atoms with van der Waals surface area (Å²) in [5.74, 6) is 0.694. The summed E-state index contributed by atoms with van der Waals surface area (Å²) in [6.07, 6.45) is 1.30. The van der Waals surface area contributed by atoms with E-state index in [0.717, 1.165) is 17.7 Å². The Morgan fingerprint density at radius 3 is 2.42 bits per heavy atom. The van der Waals surface area contributed by atoms with Gasteiger partial charge in [0, 0.05) is 30.8 Å². The Kier molecular flexibility index (Phi) is 12.5. The largest absolute Gasteiger partial charge is 0.434 e. The van der Waals surface area contributed by atoms with Crippen LogP contribution in [-0.2, 0) is 17.9 Å². The topological polar surface area (TPSA) is 74.8 Å². The van der Waals surface area contributed by atoms with E-state index in [4.69, 9.17) is 0 Å². The number of halogens is 3. The van der Waals surface area contributed by atoms with Crippen LogP contribution in [0.1, 0.15) is 37.8 Å². The molecule has 3 N–H and O–H groups in total. The lowest BCUT2D eigenvalue weighted by molar-refractivity contribution is -0.116. The van der Waals surface area contributed by atoms with Gasteiger partial charge in [-0.2, -0.15) is 8.78 Å². The molecule has 0 bridgehead atoms. The van der Waals surface area contributed by atoms with Crippen LogP contribution < -0.4 is 20.7 Å². The quantitative estimate of drug-likeness (QED) is 0.225. The lowest BCUT2D eigenvalue weighted by Gasteiger charge is -2.14. The molecule has 2 aromatic carbocycles. The second-order valence-electron chi connectivity index (χ2n) is 6.53. The number of carbonyl (C=O) groups excluding carboxylic acids is 1. The highest BCUT2D eigenvalue weighted by atomic mass is 127. The number of anilines is 1. The summed E-state index contributed by atoms with van der Waals surface area (Å²) in [6, 6.07) is 14.1. The van der Waals surface area contributed by atoms with Gasteiger partial charge in [0.1, 0.15) is 5.75 Å². The highest BCUT2D eigenvalue weighted by Gasteiger charge is 2.09. The third kappa shape index (κ3) is 9.95. The van der Waals surface area contributed by atoms with Crippen LogP contribution in [0.3, 0.4) is 0 Å². The highest BCUT2D eigenvalue weighted by molar-refractivity contribution is 14.0. The van der Waals surface area contributed by atoms with Crippen molar-refractivity contribution < 1.29 is 18.3 Å². The second-order valence-corrected chi connectivity index (χ2v) is 6.53. The summed E-state index contributed by atoms with van der Waals surface area (Å²) in [5, 5.41) is 9.10. The normalized spacial score (nSPS) is 10.9. The first-order chi connectivity index (χ1) is 14.5. The minimum atomic E-state index is -2.87. The predicted octanol–water partition coefficient (Wildman–Crippen LogP) is 4.90. The van der Waals surface area contributed by atoms with E-state index >= 15 is 0 Å². The smallest absolute Gasteiger partial charge is 0.387 e. The molecule has 0 aliphatic rings. The fourth-order valence-electron chi connectivity index (χ4n) is 2.70. The van der Waals surface area contributed by atoms with Crippen LogP contribution in [0.5, 0.6) is 5.75 Å². The van der Waals surface area contributed by atoms with Crippen molar-refractivity contribution in [2.45, 2.75) is 46.4 Å². The Bertz CT molecular complexity index is 833. The number of amides is 1. The molecule has 1 amide bonds. The van der Waals surface area contributed by atoms with Gasteiger partial charge in [0.05, 0.1) is 6.54 Å². The van der Waals surface area contributed by atoms with E-state index in [1.807, 2.05) is 38.1 Å². The van der Waals surface area contributed by atoms with E-state index in [1.165, 1.54) is 6.07 Å². The van der Waals surface area contributed by atoms with Crippen molar-refractivity contribution >= 4 is 41.5 Å². The molecule has 0 radical (unpaired) electrons. The number of aliphatic imine (C=N–C) groups is 1. The van der Waals surface area contributed by atoms with Crippen LogP contribution in [0, 0.1) is 0 Å². The molecule has 0 spiro atoms. The third-order valence-corrected chi connectivity index (χ3v) is 4.11. The number of benzene rings is 2. The zero-order valence-corrected chi connectivity index (χ0v) is 20.0. The maximum atomic E-state index is 12.6. The molecular weight excluding hydrogens is 517 g/mol. The minimum Gasteiger partial charge on any atom is -0.434 e. The molecule has 170 valence electrons. The average Bonchev–Trinajstić information content (AvgIpc) is 2.72. The fraction of sp³-hybridized carbons (Fsp3) is 0.364. The molecule has 0 aromatic heterocycles. The average molecular weight is 546 g/mol. The maximum Gasteiger partial charge on any atom is 0.387 e. The number of nitrogens with zero attached hydrogens (tertiary/aromatic N) is 1. The van der Waals surface area contributed by atoms with Gasteiger partial charge in [-0.1, -0.05) is 37.3 Å². The van der Waals surface area contributed by atoms with E-state index < -0.39 is 6.61 Å². The van der Waals surface area contributed by atoms with Crippen molar-refractivity contribution in [1.82, 2.24) is 10.6 Å². The summed E-state index contributed by atoms with van der Waals surface area (Å²) in [6.45, 7) is 2.40. The number of hydrogen-bond acceptors (Lipinski definition) is 3. The number of alkyl halides is 2. The zero-order valence-electron chi connectivity index (χ0n) is 17.7. The number of rotatable bonds is 10. The molecule has 2 rings (SSSR count). The first-order valence-electron chi connectivity index (χ1n) is 9.95. The Morgan fingerprint density at radius 2 is 1.77 bits per heavy atom. The van der Waals surface area contributed by atoms with Crippen LogP contribution in [0.4, 0.5) is 14.5 Å². The monoisotopic (exact) mass is 546 g/mol. The SMILES string of the molecule is CCCC(=O)Nc1ccc(CN=C(NCC)NCc2ccccc2OC(F)F)cc1.I. The van der Waals surface area contributed by atoms with Gasteiger partial charge >= 0.3 is 6.61 Å². The Labute approximate surface area is 198 Å². The predicted molar refractivity (Wildman–Crippen MR) is 130 cm³/mol. The molecule has 0 atom stereocenters. The minimum absolute atomic E-state index is 0. The Balaban J connectivity index is 0.00000480. The third-order valence-electron chi connectivity index (χ3n) is 4.11.